The van der Waals surface area contributed by atoms with Crippen molar-refractivity contribution in [2.45, 2.75) is 9.79 Å². The number of nitrogens with zero attached hydrogens (tertiary/aromatic N) is 5. The highest BCUT2D eigenvalue weighted by molar-refractivity contribution is 8.00. The zero-order valence-electron chi connectivity index (χ0n) is 60.4. The lowest BCUT2D eigenvalue weighted by atomic mass is 9.31. The molecule has 0 radical (unpaired) electrons. The molecule has 0 fully saturated rings. The van der Waals surface area contributed by atoms with Crippen molar-refractivity contribution >= 4 is 143 Å². The predicted molar refractivity (Wildman–Crippen MR) is 467 cm³/mol. The Bertz CT molecular complexity index is 6200. The molecule has 111 heavy (non-hydrogen) atoms. The van der Waals surface area contributed by atoms with Crippen molar-refractivity contribution in [3.05, 3.63) is 418 Å². The summed E-state index contributed by atoms with van der Waals surface area (Å²) in [7, 11) is 0. The SMILES string of the molecule is Fc1cccc(-c2ccccc2)c1N1c2cc3c(cc2B2c4ccccc4N(c4ccccc4)c4cc(N(c5ccc(-c6ccccc6)cc5)c5ccc(-c6ccccc6)cc5)cc1c42)B1c2ccccc2N(c2ccccc2)c2cc(N(c4ccc(-c5ccccc5)cc4)c4ccc(-c5ccccc5)cc4)cc(c21)S3. The molecular formula is C102H68B2FN5S. The second kappa shape index (κ2) is 27.4. The Balaban J connectivity index is 0.827. The lowest BCUT2D eigenvalue weighted by molar-refractivity contribution is 0.629. The molecule has 0 saturated heterocycles. The van der Waals surface area contributed by atoms with Crippen LogP contribution in [-0.4, -0.2) is 13.4 Å². The molecule has 0 aromatic heterocycles. The van der Waals surface area contributed by atoms with Gasteiger partial charge in [-0.05, 0) is 199 Å². The fourth-order valence-corrected chi connectivity index (χ4v) is 18.8. The van der Waals surface area contributed by atoms with Gasteiger partial charge in [0.15, 0.2) is 0 Å². The van der Waals surface area contributed by atoms with Crippen molar-refractivity contribution in [3.8, 4) is 55.6 Å². The molecule has 17 aromatic rings. The second-order valence-electron chi connectivity index (χ2n) is 28.8. The standard InChI is InChI=1S/C102H68B2FN5S/c105-91-44-26-41-86(77-35-16-5-17-36-77)102(91)110-94-68-98-90(104-88-43-23-25-46-93(88)109(79-39-20-7-21-40-79)97-65-85(66-99(111-98)101(97)104)107(82-59-51-75(52-60-82)71-31-12-3-13-32-71)83-61-53-76(54-62-83)72-33-14-4-15-34-72)67-89(94)103-87-42-22-24-45-92(87)108(78-37-18-6-19-38-78)95-63-84(64-96(110)100(95)103)106(80-55-47-73(48-56-80)69-27-8-1-9-28-69)81-57-49-74(50-58-81)70-29-10-2-11-30-70/h1-68H. The highest BCUT2D eigenvalue weighted by Crippen LogP contribution is 2.53. The molecule has 0 atom stereocenters. The summed E-state index contributed by atoms with van der Waals surface area (Å²) in [6, 6.07) is 149. The average Bonchev–Trinajstić information content (AvgIpc) is 0.685. The van der Waals surface area contributed by atoms with Gasteiger partial charge in [0.05, 0.1) is 11.4 Å². The average molecular weight is 1440 g/mol. The van der Waals surface area contributed by atoms with Crippen LogP contribution < -0.4 is 57.3 Å². The number of rotatable bonds is 14. The third-order valence-electron chi connectivity index (χ3n) is 22.5. The monoisotopic (exact) mass is 1440 g/mol. The minimum absolute atomic E-state index is 0.217. The number of halogens is 1. The summed E-state index contributed by atoms with van der Waals surface area (Å²) in [5, 5.41) is 0. The van der Waals surface area contributed by atoms with E-state index in [0.29, 0.717) is 5.69 Å². The first-order chi connectivity index (χ1) is 55.0. The highest BCUT2D eigenvalue weighted by atomic mass is 32.2. The summed E-state index contributed by atoms with van der Waals surface area (Å²) in [4.78, 5) is 14.3. The summed E-state index contributed by atoms with van der Waals surface area (Å²) < 4.78 is 18.9. The fourth-order valence-electron chi connectivity index (χ4n) is 17.5. The molecule has 9 heteroatoms. The Morgan fingerprint density at radius 3 is 0.991 bits per heavy atom. The Kier molecular flexibility index (Phi) is 16.2. The maximum Gasteiger partial charge on any atom is 0.252 e. The van der Waals surface area contributed by atoms with Gasteiger partial charge >= 0.3 is 0 Å². The van der Waals surface area contributed by atoms with E-state index in [9.17, 15) is 0 Å². The molecule has 4 aliphatic heterocycles. The Labute approximate surface area is 651 Å². The fraction of sp³-hybridized carbons (Fsp3) is 0. The van der Waals surface area contributed by atoms with Crippen LogP contribution in [0.2, 0.25) is 0 Å². The van der Waals surface area contributed by atoms with Gasteiger partial charge in [0.25, 0.3) is 6.71 Å². The lowest BCUT2D eigenvalue weighted by Gasteiger charge is -2.46. The quantitative estimate of drug-likeness (QED) is 0.100. The molecule has 0 aliphatic carbocycles. The smallest absolute Gasteiger partial charge is 0.252 e. The zero-order chi connectivity index (χ0) is 73.5. The molecule has 21 rings (SSSR count). The number of anilines is 15. The molecule has 0 bridgehead atoms. The minimum atomic E-state index is -0.332. The predicted octanol–water partition coefficient (Wildman–Crippen LogP) is 23.9. The van der Waals surface area contributed by atoms with Gasteiger partial charge in [0, 0.05) is 89.3 Å². The third-order valence-corrected chi connectivity index (χ3v) is 23.6. The van der Waals surface area contributed by atoms with Crippen LogP contribution in [0.3, 0.4) is 0 Å². The zero-order valence-corrected chi connectivity index (χ0v) is 61.3. The van der Waals surface area contributed by atoms with Crippen molar-refractivity contribution in [2.24, 2.45) is 0 Å². The summed E-state index contributed by atoms with van der Waals surface area (Å²) in [6.07, 6.45) is 0. The first-order valence-electron chi connectivity index (χ1n) is 38.0. The van der Waals surface area contributed by atoms with Crippen LogP contribution in [0.25, 0.3) is 55.6 Å². The molecule has 0 unspecified atom stereocenters. The minimum Gasteiger partial charge on any atom is -0.311 e. The van der Waals surface area contributed by atoms with Crippen LogP contribution in [-0.2, 0) is 0 Å². The van der Waals surface area contributed by atoms with E-state index in [0.717, 1.165) is 161 Å². The van der Waals surface area contributed by atoms with Crippen molar-refractivity contribution in [2.75, 3.05) is 24.5 Å². The van der Waals surface area contributed by atoms with E-state index >= 15 is 4.39 Å². The molecule has 17 aromatic carbocycles. The van der Waals surface area contributed by atoms with E-state index in [4.69, 9.17) is 0 Å². The summed E-state index contributed by atoms with van der Waals surface area (Å²) in [5.41, 5.74) is 32.4. The molecule has 0 spiro atoms. The van der Waals surface area contributed by atoms with Crippen molar-refractivity contribution in [3.63, 3.8) is 0 Å². The maximum atomic E-state index is 18.9. The van der Waals surface area contributed by atoms with E-state index in [1.54, 1.807) is 6.07 Å². The van der Waals surface area contributed by atoms with Gasteiger partial charge in [-0.15, -0.1) is 0 Å². The van der Waals surface area contributed by atoms with Crippen molar-refractivity contribution in [1.82, 2.24) is 0 Å². The van der Waals surface area contributed by atoms with E-state index in [2.05, 4.69) is 419 Å². The van der Waals surface area contributed by atoms with Crippen LogP contribution in [0.1, 0.15) is 0 Å². The van der Waals surface area contributed by atoms with Crippen LogP contribution in [0, 0.1) is 5.82 Å². The number of hydrogen-bond donors (Lipinski definition) is 0. The van der Waals surface area contributed by atoms with E-state index in [-0.39, 0.29) is 19.2 Å². The third kappa shape index (κ3) is 11.3. The number of fused-ring (bicyclic) bond motifs is 8. The molecule has 0 amide bonds. The largest absolute Gasteiger partial charge is 0.311 e. The van der Waals surface area contributed by atoms with Crippen LogP contribution in [0.4, 0.5) is 89.7 Å². The van der Waals surface area contributed by atoms with E-state index in [1.807, 2.05) is 23.9 Å². The Morgan fingerprint density at radius 1 is 0.225 bits per heavy atom. The second-order valence-corrected chi connectivity index (χ2v) is 29.9. The molecule has 0 saturated carbocycles. The molecule has 4 heterocycles. The number of para-hydroxylation sites is 5. The van der Waals surface area contributed by atoms with Crippen LogP contribution in [0.5, 0.6) is 0 Å². The Morgan fingerprint density at radius 2 is 0.568 bits per heavy atom. The van der Waals surface area contributed by atoms with Gasteiger partial charge in [-0.3, -0.25) is 0 Å². The normalized spacial score (nSPS) is 12.6. The van der Waals surface area contributed by atoms with Gasteiger partial charge in [-0.1, -0.05) is 308 Å². The number of hydrogen-bond acceptors (Lipinski definition) is 6. The van der Waals surface area contributed by atoms with Crippen molar-refractivity contribution in [1.29, 1.82) is 0 Å². The Hall–Kier alpha value is -13.9. The molecule has 0 N–H and O–H groups in total. The molecule has 4 aliphatic rings. The van der Waals surface area contributed by atoms with E-state index in [1.165, 1.54) is 16.4 Å². The summed E-state index contributed by atoms with van der Waals surface area (Å²) >= 11 is 1.82. The molecule has 520 valence electrons. The summed E-state index contributed by atoms with van der Waals surface area (Å²) in [6.45, 7) is -0.541. The van der Waals surface area contributed by atoms with Crippen molar-refractivity contribution < 1.29 is 4.39 Å². The first-order valence-corrected chi connectivity index (χ1v) is 38.8. The lowest BCUT2D eigenvalue weighted by Crippen LogP contribution is -2.64. The van der Waals surface area contributed by atoms with Gasteiger partial charge in [0.1, 0.15) is 5.82 Å². The summed E-state index contributed by atoms with van der Waals surface area (Å²) in [5.74, 6) is -0.332. The van der Waals surface area contributed by atoms with Gasteiger partial charge in [-0.2, -0.15) is 0 Å². The van der Waals surface area contributed by atoms with Gasteiger partial charge < -0.3 is 24.5 Å². The van der Waals surface area contributed by atoms with Gasteiger partial charge in [0.2, 0.25) is 6.71 Å². The van der Waals surface area contributed by atoms with Gasteiger partial charge in [-0.25, -0.2) is 4.39 Å². The first kappa shape index (κ1) is 65.4. The number of benzene rings is 17. The molecule has 5 nitrogen and oxygen atoms in total. The van der Waals surface area contributed by atoms with E-state index < -0.39 is 0 Å². The maximum absolute atomic E-state index is 18.9. The van der Waals surface area contributed by atoms with Crippen LogP contribution in [0.15, 0.2) is 422 Å². The van der Waals surface area contributed by atoms with Crippen LogP contribution >= 0.6 is 11.8 Å². The molecular weight excluding hydrogens is 1370 g/mol. The highest BCUT2D eigenvalue weighted by Gasteiger charge is 2.48. The topological polar surface area (TPSA) is 16.2 Å².